The Morgan fingerprint density at radius 3 is 2.78 bits per heavy atom. The van der Waals surface area contributed by atoms with Crippen LogP contribution in [0.3, 0.4) is 0 Å². The summed E-state index contributed by atoms with van der Waals surface area (Å²) in [6.45, 7) is 3.63. The lowest BCUT2D eigenvalue weighted by atomic mass is 9.85. The Balaban J connectivity index is 1.36. The van der Waals surface area contributed by atoms with Crippen LogP contribution in [0.5, 0.6) is 0 Å². The molecule has 4 aromatic rings. The zero-order valence-corrected chi connectivity index (χ0v) is 20.8. The second kappa shape index (κ2) is 9.73. The standard InChI is InChI=1S/C26H26ClN5O4/c1-14-22-24(31-36-14)23-19(27)7-4-8-20(23)32(26(22)35)18-6-3-5-16(11-18)12-29-25(34)17-9-10-21(28-13-17)30-15(2)33/h4,7-10,13,16,18H,3,5-6,11-12H2,1-2H3,(H,29,34)(H,28,30,33). The molecule has 2 amide bonds. The van der Waals surface area contributed by atoms with E-state index in [0.717, 1.165) is 36.6 Å². The summed E-state index contributed by atoms with van der Waals surface area (Å²) in [5.74, 6) is 0.629. The van der Waals surface area contributed by atoms with Crippen molar-refractivity contribution >= 4 is 51.0 Å². The van der Waals surface area contributed by atoms with Gasteiger partial charge in [-0.3, -0.25) is 14.4 Å². The molecule has 1 aliphatic carbocycles. The first-order valence-corrected chi connectivity index (χ1v) is 12.3. The third-order valence-corrected chi connectivity index (χ3v) is 7.10. The number of hydrogen-bond donors (Lipinski definition) is 2. The molecule has 5 rings (SSSR count). The topological polar surface area (TPSA) is 119 Å². The first-order chi connectivity index (χ1) is 17.3. The van der Waals surface area contributed by atoms with Gasteiger partial charge in [0.15, 0.2) is 0 Å². The number of aryl methyl sites for hydroxylation is 1. The summed E-state index contributed by atoms with van der Waals surface area (Å²) in [5.41, 5.74) is 1.53. The number of nitrogens with zero attached hydrogens (tertiary/aromatic N) is 3. The molecule has 3 aromatic heterocycles. The average Bonchev–Trinajstić information content (AvgIpc) is 3.24. The molecule has 2 N–H and O–H groups in total. The average molecular weight is 508 g/mol. The maximum absolute atomic E-state index is 13.6. The second-order valence-corrected chi connectivity index (χ2v) is 9.69. The van der Waals surface area contributed by atoms with Gasteiger partial charge in [-0.2, -0.15) is 0 Å². The molecule has 0 spiro atoms. The summed E-state index contributed by atoms with van der Waals surface area (Å²) in [5, 5.41) is 11.4. The third kappa shape index (κ3) is 4.46. The molecular formula is C26H26ClN5O4. The first-order valence-electron chi connectivity index (χ1n) is 11.9. The number of amides is 2. The Hall–Kier alpha value is -3.72. The summed E-state index contributed by atoms with van der Waals surface area (Å²) in [7, 11) is 0. The number of anilines is 1. The molecular weight excluding hydrogens is 482 g/mol. The van der Waals surface area contributed by atoms with E-state index in [1.54, 1.807) is 25.1 Å². The van der Waals surface area contributed by atoms with Gasteiger partial charge in [-0.1, -0.05) is 29.2 Å². The minimum Gasteiger partial charge on any atom is -0.360 e. The van der Waals surface area contributed by atoms with E-state index in [9.17, 15) is 14.4 Å². The van der Waals surface area contributed by atoms with Gasteiger partial charge in [-0.05, 0) is 56.4 Å². The predicted octanol–water partition coefficient (Wildman–Crippen LogP) is 4.62. The predicted molar refractivity (Wildman–Crippen MR) is 137 cm³/mol. The van der Waals surface area contributed by atoms with Crippen molar-refractivity contribution in [3.05, 3.63) is 63.2 Å². The Morgan fingerprint density at radius 2 is 2.03 bits per heavy atom. The molecule has 36 heavy (non-hydrogen) atoms. The number of pyridine rings is 2. The molecule has 1 aliphatic rings. The van der Waals surface area contributed by atoms with Crippen LogP contribution in [0.2, 0.25) is 5.02 Å². The smallest absolute Gasteiger partial charge is 0.264 e. The van der Waals surface area contributed by atoms with Crippen molar-refractivity contribution in [3.63, 3.8) is 0 Å². The van der Waals surface area contributed by atoms with Crippen LogP contribution in [0, 0.1) is 12.8 Å². The molecule has 0 radical (unpaired) electrons. The molecule has 9 nitrogen and oxygen atoms in total. The molecule has 2 atom stereocenters. The Labute approximate surface area is 211 Å². The lowest BCUT2D eigenvalue weighted by molar-refractivity contribution is -0.114. The normalized spacial score (nSPS) is 17.9. The van der Waals surface area contributed by atoms with E-state index in [0.29, 0.717) is 39.6 Å². The number of hydrogen-bond acceptors (Lipinski definition) is 6. The van der Waals surface area contributed by atoms with Gasteiger partial charge in [0.1, 0.15) is 22.5 Å². The molecule has 3 heterocycles. The number of benzene rings is 1. The van der Waals surface area contributed by atoms with Gasteiger partial charge in [0.25, 0.3) is 11.5 Å². The van der Waals surface area contributed by atoms with Crippen LogP contribution in [-0.4, -0.2) is 33.1 Å². The Morgan fingerprint density at radius 1 is 1.19 bits per heavy atom. The highest BCUT2D eigenvalue weighted by atomic mass is 35.5. The van der Waals surface area contributed by atoms with Gasteiger partial charge < -0.3 is 19.7 Å². The Bertz CT molecular complexity index is 1530. The maximum Gasteiger partial charge on any atom is 0.264 e. The van der Waals surface area contributed by atoms with Gasteiger partial charge in [-0.15, -0.1) is 0 Å². The quantitative estimate of drug-likeness (QED) is 0.407. The van der Waals surface area contributed by atoms with Crippen molar-refractivity contribution in [2.24, 2.45) is 5.92 Å². The van der Waals surface area contributed by atoms with Crippen LogP contribution in [-0.2, 0) is 4.79 Å². The van der Waals surface area contributed by atoms with Crippen LogP contribution in [0.25, 0.3) is 21.8 Å². The highest BCUT2D eigenvalue weighted by Crippen LogP contribution is 2.36. The number of carbonyl (C=O) groups is 2. The molecule has 2 unspecified atom stereocenters. The van der Waals surface area contributed by atoms with Crippen LogP contribution in [0.1, 0.15) is 54.8 Å². The van der Waals surface area contributed by atoms with Gasteiger partial charge in [0.2, 0.25) is 5.91 Å². The fourth-order valence-electron chi connectivity index (χ4n) is 5.14. The fourth-order valence-corrected chi connectivity index (χ4v) is 5.40. The monoisotopic (exact) mass is 507 g/mol. The van der Waals surface area contributed by atoms with Crippen molar-refractivity contribution in [3.8, 4) is 0 Å². The number of fused-ring (bicyclic) bond motifs is 3. The zero-order valence-electron chi connectivity index (χ0n) is 20.0. The molecule has 186 valence electrons. The number of nitrogens with one attached hydrogen (secondary N) is 2. The minimum absolute atomic E-state index is 0.0357. The van der Waals surface area contributed by atoms with Crippen molar-refractivity contribution in [1.82, 2.24) is 20.0 Å². The lowest BCUT2D eigenvalue weighted by Gasteiger charge is -2.31. The van der Waals surface area contributed by atoms with E-state index in [2.05, 4.69) is 20.8 Å². The van der Waals surface area contributed by atoms with Gasteiger partial charge in [0.05, 0.1) is 16.1 Å². The van der Waals surface area contributed by atoms with Crippen LogP contribution in [0.4, 0.5) is 5.82 Å². The summed E-state index contributed by atoms with van der Waals surface area (Å²) in [6.07, 6.45) is 4.94. The lowest BCUT2D eigenvalue weighted by Crippen LogP contribution is -2.34. The second-order valence-electron chi connectivity index (χ2n) is 9.28. The third-order valence-electron chi connectivity index (χ3n) is 6.78. The summed E-state index contributed by atoms with van der Waals surface area (Å²) in [6, 6.07) is 8.72. The van der Waals surface area contributed by atoms with Crippen LogP contribution < -0.4 is 16.2 Å². The van der Waals surface area contributed by atoms with Gasteiger partial charge >= 0.3 is 0 Å². The van der Waals surface area contributed by atoms with Crippen molar-refractivity contribution in [1.29, 1.82) is 0 Å². The van der Waals surface area contributed by atoms with Crippen molar-refractivity contribution in [2.45, 2.75) is 45.6 Å². The molecule has 10 heteroatoms. The van der Waals surface area contributed by atoms with E-state index in [1.807, 2.05) is 16.7 Å². The van der Waals surface area contributed by atoms with E-state index in [-0.39, 0.29) is 29.3 Å². The number of rotatable bonds is 5. The summed E-state index contributed by atoms with van der Waals surface area (Å²) >= 11 is 6.54. The molecule has 1 saturated carbocycles. The van der Waals surface area contributed by atoms with Crippen LogP contribution >= 0.6 is 11.6 Å². The molecule has 0 saturated heterocycles. The molecule has 1 aromatic carbocycles. The molecule has 1 fully saturated rings. The summed E-state index contributed by atoms with van der Waals surface area (Å²) in [4.78, 5) is 41.5. The number of halogens is 1. The van der Waals surface area contributed by atoms with E-state index >= 15 is 0 Å². The molecule has 0 aliphatic heterocycles. The maximum atomic E-state index is 13.6. The largest absolute Gasteiger partial charge is 0.360 e. The van der Waals surface area contributed by atoms with Crippen LogP contribution in [0.15, 0.2) is 45.8 Å². The highest BCUT2D eigenvalue weighted by Gasteiger charge is 2.28. The fraction of sp³-hybridized carbons (Fsp3) is 0.346. The SMILES string of the molecule is CC(=O)Nc1ccc(C(=O)NCC2CCCC(n3c(=O)c4c(C)onc4c4c(Cl)cccc43)C2)cn1. The van der Waals surface area contributed by atoms with Crippen molar-refractivity contribution in [2.75, 3.05) is 11.9 Å². The minimum atomic E-state index is -0.227. The Kier molecular flexibility index (Phi) is 6.49. The van der Waals surface area contributed by atoms with Gasteiger partial charge in [0, 0.05) is 31.1 Å². The first kappa shape index (κ1) is 24.0. The van der Waals surface area contributed by atoms with E-state index in [4.69, 9.17) is 16.1 Å². The zero-order chi connectivity index (χ0) is 25.4. The van der Waals surface area contributed by atoms with Crippen molar-refractivity contribution < 1.29 is 14.1 Å². The van der Waals surface area contributed by atoms with Gasteiger partial charge in [-0.25, -0.2) is 4.98 Å². The highest BCUT2D eigenvalue weighted by molar-refractivity contribution is 6.37. The number of aromatic nitrogens is 3. The van der Waals surface area contributed by atoms with E-state index in [1.165, 1.54) is 13.1 Å². The molecule has 0 bridgehead atoms. The number of carbonyl (C=O) groups excluding carboxylic acids is 2. The summed E-state index contributed by atoms with van der Waals surface area (Å²) < 4.78 is 7.20. The van der Waals surface area contributed by atoms with E-state index < -0.39 is 0 Å².